The number of nitrogens with one attached hydrogen (secondary N) is 2. The van der Waals surface area contributed by atoms with Crippen molar-refractivity contribution in [3.05, 3.63) is 70.9 Å². The molecule has 1 aromatic heterocycles. The number of alkyl halides is 1. The third kappa shape index (κ3) is 4.86. The molecule has 2 N–H and O–H groups in total. The summed E-state index contributed by atoms with van der Waals surface area (Å²) < 4.78 is 1.72. The van der Waals surface area contributed by atoms with E-state index in [4.69, 9.17) is 28.3 Å². The third-order valence-corrected chi connectivity index (χ3v) is 4.72. The summed E-state index contributed by atoms with van der Waals surface area (Å²) >= 11 is 11.8. The smallest absolute Gasteiger partial charge is 0.308 e. The van der Waals surface area contributed by atoms with Crippen LogP contribution in [0.5, 0.6) is 0 Å². The van der Waals surface area contributed by atoms with Crippen molar-refractivity contribution in [1.82, 2.24) is 9.78 Å². The molecule has 28 heavy (non-hydrogen) atoms. The summed E-state index contributed by atoms with van der Waals surface area (Å²) in [7, 11) is 0. The number of carbonyl (C=O) groups is 1. The number of amides is 2. The van der Waals surface area contributed by atoms with Crippen molar-refractivity contribution in [2.75, 3.05) is 10.6 Å². The van der Waals surface area contributed by atoms with Crippen LogP contribution in [0.4, 0.5) is 16.3 Å². The number of anilines is 2. The standard InChI is InChI=1S/C21H22Cl2N4O/c1-21(2,3)18-12-19(25-20(28)24-16-8-6-15(23)7-9-16)27(26-18)17-10-4-14(13-22)5-11-17/h4-12H,13H2,1-3H3,(H2,24,25,28). The van der Waals surface area contributed by atoms with Crippen molar-refractivity contribution in [2.45, 2.75) is 32.1 Å². The highest BCUT2D eigenvalue weighted by atomic mass is 35.5. The average molecular weight is 417 g/mol. The van der Waals surface area contributed by atoms with Gasteiger partial charge in [0.2, 0.25) is 0 Å². The highest BCUT2D eigenvalue weighted by molar-refractivity contribution is 6.30. The van der Waals surface area contributed by atoms with Crippen LogP contribution < -0.4 is 10.6 Å². The average Bonchev–Trinajstić information content (AvgIpc) is 3.08. The van der Waals surface area contributed by atoms with Gasteiger partial charge in [-0.2, -0.15) is 5.10 Å². The topological polar surface area (TPSA) is 59.0 Å². The van der Waals surface area contributed by atoms with Gasteiger partial charge in [0.15, 0.2) is 0 Å². The van der Waals surface area contributed by atoms with Crippen molar-refractivity contribution in [1.29, 1.82) is 0 Å². The second-order valence-corrected chi connectivity index (χ2v) is 8.17. The van der Waals surface area contributed by atoms with E-state index in [2.05, 4.69) is 31.4 Å². The van der Waals surface area contributed by atoms with Crippen molar-refractivity contribution < 1.29 is 4.79 Å². The molecule has 2 amide bonds. The minimum atomic E-state index is -0.360. The Kier molecular flexibility index (Phi) is 5.96. The first kappa shape index (κ1) is 20.2. The predicted molar refractivity (Wildman–Crippen MR) is 116 cm³/mol. The van der Waals surface area contributed by atoms with E-state index in [0.717, 1.165) is 16.9 Å². The second kappa shape index (κ2) is 8.25. The van der Waals surface area contributed by atoms with Crippen LogP contribution in [-0.2, 0) is 11.3 Å². The number of urea groups is 1. The molecule has 0 spiro atoms. The van der Waals surface area contributed by atoms with Crippen LogP contribution in [0.2, 0.25) is 5.02 Å². The fraction of sp³-hybridized carbons (Fsp3) is 0.238. The number of carbonyl (C=O) groups excluding carboxylic acids is 1. The van der Waals surface area contributed by atoms with Gasteiger partial charge in [-0.15, -0.1) is 11.6 Å². The van der Waals surface area contributed by atoms with Crippen LogP contribution in [0.15, 0.2) is 54.6 Å². The first-order chi connectivity index (χ1) is 13.3. The molecule has 0 unspecified atom stereocenters. The maximum absolute atomic E-state index is 12.5. The Morgan fingerprint density at radius 1 is 1.04 bits per heavy atom. The molecule has 0 bridgehead atoms. The van der Waals surface area contributed by atoms with Crippen molar-refractivity contribution >= 4 is 40.7 Å². The van der Waals surface area contributed by atoms with Gasteiger partial charge in [-0.25, -0.2) is 9.48 Å². The molecule has 0 aliphatic heterocycles. The summed E-state index contributed by atoms with van der Waals surface area (Å²) in [5.41, 5.74) is 3.21. The van der Waals surface area contributed by atoms with E-state index >= 15 is 0 Å². The Hall–Kier alpha value is -2.50. The largest absolute Gasteiger partial charge is 0.324 e. The van der Waals surface area contributed by atoms with E-state index < -0.39 is 0 Å². The molecule has 3 rings (SSSR count). The van der Waals surface area contributed by atoms with Crippen LogP contribution in [0.25, 0.3) is 5.69 Å². The van der Waals surface area contributed by atoms with Crippen LogP contribution >= 0.6 is 23.2 Å². The second-order valence-electron chi connectivity index (χ2n) is 7.46. The van der Waals surface area contributed by atoms with Crippen LogP contribution in [0.3, 0.4) is 0 Å². The van der Waals surface area contributed by atoms with E-state index in [-0.39, 0.29) is 11.4 Å². The minimum absolute atomic E-state index is 0.162. The Balaban J connectivity index is 1.88. The monoisotopic (exact) mass is 416 g/mol. The van der Waals surface area contributed by atoms with Gasteiger partial charge in [0.25, 0.3) is 0 Å². The molecule has 1 heterocycles. The summed E-state index contributed by atoms with van der Waals surface area (Å²) in [6, 6.07) is 16.2. The Labute approximate surface area is 174 Å². The third-order valence-electron chi connectivity index (χ3n) is 4.16. The number of hydrogen-bond acceptors (Lipinski definition) is 2. The Morgan fingerprint density at radius 3 is 2.25 bits per heavy atom. The number of hydrogen-bond donors (Lipinski definition) is 2. The molecule has 5 nitrogen and oxygen atoms in total. The van der Waals surface area contributed by atoms with Crippen LogP contribution in [-0.4, -0.2) is 15.8 Å². The van der Waals surface area contributed by atoms with Gasteiger partial charge in [-0.1, -0.05) is 44.5 Å². The molecule has 0 atom stereocenters. The molecule has 0 radical (unpaired) electrons. The summed E-state index contributed by atoms with van der Waals surface area (Å²) in [5, 5.41) is 11.0. The van der Waals surface area contributed by atoms with Crippen LogP contribution in [0.1, 0.15) is 32.0 Å². The van der Waals surface area contributed by atoms with Crippen molar-refractivity contribution in [3.8, 4) is 5.69 Å². The molecule has 0 saturated carbocycles. The predicted octanol–water partition coefficient (Wildman–Crippen LogP) is 6.21. The lowest BCUT2D eigenvalue weighted by Crippen LogP contribution is -2.21. The van der Waals surface area contributed by atoms with E-state index in [9.17, 15) is 4.79 Å². The summed E-state index contributed by atoms with van der Waals surface area (Å²) in [6.07, 6.45) is 0. The molecule has 0 aliphatic carbocycles. The first-order valence-electron chi connectivity index (χ1n) is 8.85. The number of halogens is 2. The SMILES string of the molecule is CC(C)(C)c1cc(NC(=O)Nc2ccc(Cl)cc2)n(-c2ccc(CCl)cc2)n1. The maximum atomic E-state index is 12.5. The highest BCUT2D eigenvalue weighted by Crippen LogP contribution is 2.27. The van der Waals surface area contributed by atoms with E-state index in [1.54, 1.807) is 28.9 Å². The minimum Gasteiger partial charge on any atom is -0.308 e. The molecular formula is C21H22Cl2N4O. The maximum Gasteiger partial charge on any atom is 0.324 e. The summed E-state index contributed by atoms with van der Waals surface area (Å²) in [4.78, 5) is 12.5. The lowest BCUT2D eigenvalue weighted by atomic mass is 9.92. The summed E-state index contributed by atoms with van der Waals surface area (Å²) in [5.74, 6) is 1.02. The normalized spacial score (nSPS) is 11.3. The number of aromatic nitrogens is 2. The van der Waals surface area contributed by atoms with Gasteiger partial charge in [-0.05, 0) is 42.0 Å². The quantitative estimate of drug-likeness (QED) is 0.496. The lowest BCUT2D eigenvalue weighted by molar-refractivity contribution is 0.262. The van der Waals surface area contributed by atoms with Crippen molar-refractivity contribution in [3.63, 3.8) is 0 Å². The van der Waals surface area contributed by atoms with Gasteiger partial charge >= 0.3 is 6.03 Å². The van der Waals surface area contributed by atoms with Gasteiger partial charge < -0.3 is 5.32 Å². The fourth-order valence-electron chi connectivity index (χ4n) is 2.57. The number of rotatable bonds is 4. The molecule has 2 aromatic carbocycles. The molecule has 0 fully saturated rings. The fourth-order valence-corrected chi connectivity index (χ4v) is 2.88. The first-order valence-corrected chi connectivity index (χ1v) is 9.77. The molecule has 7 heteroatoms. The summed E-state index contributed by atoms with van der Waals surface area (Å²) in [6.45, 7) is 6.23. The molecule has 3 aromatic rings. The van der Waals surface area contributed by atoms with Crippen molar-refractivity contribution in [2.24, 2.45) is 0 Å². The highest BCUT2D eigenvalue weighted by Gasteiger charge is 2.21. The van der Waals surface area contributed by atoms with Gasteiger partial charge in [0.05, 0.1) is 11.4 Å². The zero-order chi connectivity index (χ0) is 20.3. The zero-order valence-electron chi connectivity index (χ0n) is 16.0. The Bertz CT molecular complexity index is 958. The van der Waals surface area contributed by atoms with Crippen LogP contribution in [0, 0.1) is 0 Å². The molecule has 146 valence electrons. The van der Waals surface area contributed by atoms with Gasteiger partial charge in [0.1, 0.15) is 5.82 Å². The van der Waals surface area contributed by atoms with E-state index in [1.165, 1.54) is 0 Å². The molecule has 0 aliphatic rings. The Morgan fingerprint density at radius 2 is 1.68 bits per heavy atom. The lowest BCUT2D eigenvalue weighted by Gasteiger charge is -2.14. The zero-order valence-corrected chi connectivity index (χ0v) is 17.5. The molecular weight excluding hydrogens is 395 g/mol. The van der Waals surface area contributed by atoms with E-state index in [0.29, 0.717) is 22.4 Å². The van der Waals surface area contributed by atoms with Gasteiger partial charge in [0, 0.05) is 28.1 Å². The van der Waals surface area contributed by atoms with E-state index in [1.807, 2.05) is 30.3 Å². The van der Waals surface area contributed by atoms with Gasteiger partial charge in [-0.3, -0.25) is 5.32 Å². The number of nitrogens with zero attached hydrogens (tertiary/aromatic N) is 2. The number of benzene rings is 2. The molecule has 0 saturated heterocycles.